The number of anilines is 1. The molecule has 38 heavy (non-hydrogen) atoms. The van der Waals surface area contributed by atoms with E-state index >= 15 is 0 Å². The van der Waals surface area contributed by atoms with Crippen LogP contribution in [0, 0.1) is 5.92 Å². The van der Waals surface area contributed by atoms with E-state index in [0.717, 1.165) is 25.2 Å². The van der Waals surface area contributed by atoms with E-state index < -0.39 is 0 Å². The summed E-state index contributed by atoms with van der Waals surface area (Å²) in [6.45, 7) is 2.14. The maximum absolute atomic E-state index is 14.0. The highest BCUT2D eigenvalue weighted by molar-refractivity contribution is 6.42. The van der Waals surface area contributed by atoms with Crippen molar-refractivity contribution in [2.45, 2.75) is 50.7 Å². The number of aromatic nitrogens is 2. The number of carbonyl (C=O) groups is 2. The monoisotopic (exact) mass is 551 g/mol. The highest BCUT2D eigenvalue weighted by Crippen LogP contribution is 2.58. The number of amides is 2. The predicted molar refractivity (Wildman–Crippen MR) is 146 cm³/mol. The smallest absolute Gasteiger partial charge is 0.263 e. The minimum Gasteiger partial charge on any atom is -0.355 e. The van der Waals surface area contributed by atoms with Gasteiger partial charge in [-0.25, -0.2) is 9.55 Å². The van der Waals surface area contributed by atoms with Crippen LogP contribution in [-0.2, 0) is 13.0 Å². The summed E-state index contributed by atoms with van der Waals surface area (Å²) in [6.07, 6.45) is 3.57. The second-order valence-corrected chi connectivity index (χ2v) is 11.4. The first kappa shape index (κ1) is 24.9. The van der Waals surface area contributed by atoms with E-state index in [1.165, 1.54) is 0 Å². The summed E-state index contributed by atoms with van der Waals surface area (Å²) in [4.78, 5) is 46.1. The van der Waals surface area contributed by atoms with Crippen molar-refractivity contribution >= 4 is 41.0 Å². The van der Waals surface area contributed by atoms with E-state index in [2.05, 4.69) is 10.6 Å². The van der Waals surface area contributed by atoms with Crippen molar-refractivity contribution in [2.75, 3.05) is 12.4 Å². The average Bonchev–Trinajstić information content (AvgIpc) is 2.86. The predicted octanol–water partition coefficient (Wildman–Crippen LogP) is 4.45. The number of carbonyl (C=O) groups excluding carboxylic acids is 2. The summed E-state index contributed by atoms with van der Waals surface area (Å²) in [5, 5.41) is 6.88. The second kappa shape index (κ2) is 9.13. The molecule has 3 aromatic rings. The minimum absolute atomic E-state index is 0.0281. The van der Waals surface area contributed by atoms with Crippen LogP contribution >= 0.6 is 23.2 Å². The van der Waals surface area contributed by atoms with Crippen LogP contribution in [0.25, 0.3) is 5.69 Å². The van der Waals surface area contributed by atoms with E-state index in [1.54, 1.807) is 59.0 Å². The maximum atomic E-state index is 14.0. The van der Waals surface area contributed by atoms with Gasteiger partial charge in [0.25, 0.3) is 17.4 Å². The maximum Gasteiger partial charge on any atom is 0.263 e. The molecule has 1 aromatic heterocycles. The average molecular weight is 552 g/mol. The first-order valence-corrected chi connectivity index (χ1v) is 13.4. The molecule has 7 rings (SSSR count). The zero-order chi connectivity index (χ0) is 26.8. The van der Waals surface area contributed by atoms with Gasteiger partial charge in [-0.2, -0.15) is 0 Å². The van der Waals surface area contributed by atoms with Crippen molar-refractivity contribution < 1.29 is 9.59 Å². The molecule has 10 heteroatoms. The molecular weight excluding hydrogens is 525 g/mol. The van der Waals surface area contributed by atoms with Crippen LogP contribution < -0.4 is 16.2 Å². The molecule has 196 valence electrons. The number of nitrogens with one attached hydrogen (secondary N) is 2. The third kappa shape index (κ3) is 4.07. The molecule has 1 aliphatic heterocycles. The quantitative estimate of drug-likeness (QED) is 0.488. The fourth-order valence-electron chi connectivity index (χ4n) is 5.82. The van der Waals surface area contributed by atoms with Crippen LogP contribution in [0.15, 0.2) is 47.3 Å². The third-order valence-electron chi connectivity index (χ3n) is 8.07. The van der Waals surface area contributed by atoms with Crippen molar-refractivity contribution in [2.24, 2.45) is 5.92 Å². The summed E-state index contributed by atoms with van der Waals surface area (Å²) in [5.41, 5.74) is 2.57. The van der Waals surface area contributed by atoms with E-state index in [1.807, 2.05) is 6.92 Å². The second-order valence-electron chi connectivity index (χ2n) is 10.6. The van der Waals surface area contributed by atoms with Crippen molar-refractivity contribution in [1.29, 1.82) is 0 Å². The Morgan fingerprint density at radius 2 is 1.71 bits per heavy atom. The third-order valence-corrected chi connectivity index (χ3v) is 8.81. The molecule has 0 unspecified atom stereocenters. The number of halogens is 2. The van der Waals surface area contributed by atoms with Crippen LogP contribution in [0.4, 0.5) is 5.95 Å². The number of hydrogen-bond donors (Lipinski definition) is 2. The number of benzene rings is 2. The van der Waals surface area contributed by atoms with Gasteiger partial charge in [0.2, 0.25) is 5.95 Å². The number of rotatable bonds is 5. The molecule has 3 fully saturated rings. The number of nitrogens with zero attached hydrogens (tertiary/aromatic N) is 3. The molecule has 2 heterocycles. The van der Waals surface area contributed by atoms with Crippen LogP contribution in [0.5, 0.6) is 0 Å². The topological polar surface area (TPSA) is 96.3 Å². The van der Waals surface area contributed by atoms with Crippen LogP contribution in [0.1, 0.15) is 58.2 Å². The van der Waals surface area contributed by atoms with Crippen LogP contribution in [-0.4, -0.2) is 44.9 Å². The first-order chi connectivity index (χ1) is 18.2. The Morgan fingerprint density at radius 1 is 1.03 bits per heavy atom. The Hall–Kier alpha value is -3.36. The van der Waals surface area contributed by atoms with Crippen LogP contribution in [0.3, 0.4) is 0 Å². The fourth-order valence-corrected chi connectivity index (χ4v) is 6.12. The summed E-state index contributed by atoms with van der Waals surface area (Å²) in [6, 6.07) is 11.5. The molecule has 3 saturated carbocycles. The lowest BCUT2D eigenvalue weighted by atomic mass is 9.50. The van der Waals surface area contributed by atoms with E-state index in [-0.39, 0.29) is 35.5 Å². The van der Waals surface area contributed by atoms with Gasteiger partial charge in [0.05, 0.1) is 28.0 Å². The molecule has 8 nitrogen and oxygen atoms in total. The summed E-state index contributed by atoms with van der Waals surface area (Å²) < 4.78 is 1.61. The number of hydrogen-bond acceptors (Lipinski definition) is 5. The van der Waals surface area contributed by atoms with Crippen molar-refractivity contribution in [3.05, 3.63) is 85.2 Å². The summed E-state index contributed by atoms with van der Waals surface area (Å²) in [5.74, 6) is 0.829. The Labute approximate surface area is 230 Å². The van der Waals surface area contributed by atoms with E-state index in [4.69, 9.17) is 28.2 Å². The van der Waals surface area contributed by atoms with Gasteiger partial charge in [0, 0.05) is 35.3 Å². The first-order valence-electron chi connectivity index (χ1n) is 12.7. The van der Waals surface area contributed by atoms with Crippen molar-refractivity contribution in [3.8, 4) is 5.69 Å². The molecule has 2 N–H and O–H groups in total. The van der Waals surface area contributed by atoms with Gasteiger partial charge in [-0.15, -0.1) is 0 Å². The highest BCUT2D eigenvalue weighted by atomic mass is 35.5. The minimum atomic E-state index is -0.223. The van der Waals surface area contributed by atoms with Crippen molar-refractivity contribution in [1.82, 2.24) is 19.8 Å². The molecule has 0 radical (unpaired) electrons. The van der Waals surface area contributed by atoms with Gasteiger partial charge >= 0.3 is 0 Å². The van der Waals surface area contributed by atoms with Gasteiger partial charge in [-0.3, -0.25) is 14.4 Å². The molecule has 2 amide bonds. The van der Waals surface area contributed by atoms with Gasteiger partial charge in [0.15, 0.2) is 0 Å². The van der Waals surface area contributed by atoms with Gasteiger partial charge in [0.1, 0.15) is 0 Å². The Kier molecular flexibility index (Phi) is 6.00. The lowest BCUT2D eigenvalue weighted by molar-refractivity contribution is 0.00120. The molecule has 2 bridgehead atoms. The Balaban J connectivity index is 1.39. The van der Waals surface area contributed by atoms with Crippen molar-refractivity contribution in [3.63, 3.8) is 0 Å². The number of fused-ring (bicyclic) bond motifs is 1. The lowest BCUT2D eigenvalue weighted by Crippen LogP contribution is -2.63. The molecule has 1 atom stereocenters. The zero-order valence-corrected chi connectivity index (χ0v) is 22.6. The lowest BCUT2D eigenvalue weighted by Gasteiger charge is -2.62. The Bertz CT molecular complexity index is 1520. The van der Waals surface area contributed by atoms with E-state index in [0.29, 0.717) is 50.5 Å². The van der Waals surface area contributed by atoms with Crippen LogP contribution in [0.2, 0.25) is 10.0 Å². The van der Waals surface area contributed by atoms with Gasteiger partial charge in [-0.05, 0) is 81.0 Å². The summed E-state index contributed by atoms with van der Waals surface area (Å²) in [7, 11) is 1.58. The molecule has 0 spiro atoms. The van der Waals surface area contributed by atoms with E-state index in [9.17, 15) is 14.4 Å². The highest BCUT2D eigenvalue weighted by Gasteiger charge is 2.57. The molecular formula is C28H27Cl2N5O3. The van der Waals surface area contributed by atoms with Gasteiger partial charge < -0.3 is 15.5 Å². The fraction of sp³-hybridized carbons (Fsp3) is 0.357. The van der Waals surface area contributed by atoms with Gasteiger partial charge in [-0.1, -0.05) is 23.2 Å². The SMILES string of the molecule is CNC(=O)c1ccc(-n2c(NC34CC(C3)C4)nc3c(c2=O)C[C@@H](C)N(C(=O)c2ccc(Cl)c(Cl)c2)C3)cc1. The molecule has 4 aliphatic rings. The Morgan fingerprint density at radius 3 is 2.32 bits per heavy atom. The molecule has 2 aromatic carbocycles. The summed E-state index contributed by atoms with van der Waals surface area (Å²) >= 11 is 12.2. The largest absolute Gasteiger partial charge is 0.355 e. The standard InChI is InChI=1S/C28H27Cl2N5O3/c1-15-9-20-23(14-34(15)25(37)18-5-8-21(29)22(30)10-18)32-27(33-28-11-16(12-28)13-28)35(26(20)38)19-6-3-17(4-7-19)24(36)31-2/h3-8,10,15-16H,9,11-14H2,1-2H3,(H,31,36)(H,32,33)/t15-,16?,28?/m1/s1. The molecule has 3 aliphatic carbocycles. The zero-order valence-electron chi connectivity index (χ0n) is 21.1. The molecule has 0 saturated heterocycles. The normalized spacial score (nSPS) is 23.1.